The zero-order chi connectivity index (χ0) is 15.0. The Labute approximate surface area is 128 Å². The van der Waals surface area contributed by atoms with Crippen LogP contribution in [0.1, 0.15) is 19.0 Å². The highest BCUT2D eigenvalue weighted by molar-refractivity contribution is 6.30. The molecule has 1 aliphatic heterocycles. The van der Waals surface area contributed by atoms with Gasteiger partial charge in [0.2, 0.25) is 5.91 Å². The van der Waals surface area contributed by atoms with Crippen molar-refractivity contribution in [1.29, 1.82) is 0 Å². The topological polar surface area (TPSA) is 50.2 Å². The zero-order valence-electron chi connectivity index (χ0n) is 12.1. The maximum absolute atomic E-state index is 12.0. The van der Waals surface area contributed by atoms with E-state index < -0.39 is 0 Å². The number of carbonyl (C=O) groups is 1. The largest absolute Gasteiger partial charge is 0.320 e. The number of aryl methyl sites for hydroxylation is 2. The molecule has 2 aromatic rings. The minimum absolute atomic E-state index is 0.0252. The Morgan fingerprint density at radius 3 is 2.71 bits per heavy atom. The maximum atomic E-state index is 12.0. The van der Waals surface area contributed by atoms with Gasteiger partial charge in [0.15, 0.2) is 5.82 Å². The molecule has 1 aromatic heterocycles. The predicted octanol–water partition coefficient (Wildman–Crippen LogP) is 3.12. The van der Waals surface area contributed by atoms with Crippen molar-refractivity contribution in [3.8, 4) is 0 Å². The number of carbonyl (C=O) groups excluding carboxylic acids is 1. The van der Waals surface area contributed by atoms with Crippen molar-refractivity contribution in [2.75, 3.05) is 16.8 Å². The Hall–Kier alpha value is -2.01. The molecule has 0 saturated carbocycles. The molecule has 0 unspecified atom stereocenters. The van der Waals surface area contributed by atoms with Crippen LogP contribution >= 0.6 is 11.6 Å². The second-order valence-electron chi connectivity index (χ2n) is 5.13. The molecule has 1 N–H and O–H groups in total. The van der Waals surface area contributed by atoms with Gasteiger partial charge < -0.3 is 10.2 Å². The number of amides is 1. The number of rotatable bonds is 3. The lowest BCUT2D eigenvalue weighted by atomic mass is 10.2. The molecule has 0 aliphatic carbocycles. The van der Waals surface area contributed by atoms with Crippen molar-refractivity contribution < 1.29 is 4.79 Å². The highest BCUT2D eigenvalue weighted by atomic mass is 35.5. The molecule has 0 atom stereocenters. The van der Waals surface area contributed by atoms with Crippen LogP contribution in [-0.2, 0) is 18.3 Å². The van der Waals surface area contributed by atoms with Crippen molar-refractivity contribution in [2.24, 2.45) is 7.05 Å². The van der Waals surface area contributed by atoms with Gasteiger partial charge in [-0.15, -0.1) is 0 Å². The molecule has 110 valence electrons. The molecule has 0 fully saturated rings. The van der Waals surface area contributed by atoms with Gasteiger partial charge in [0.05, 0.1) is 5.69 Å². The van der Waals surface area contributed by atoms with Crippen LogP contribution in [0.2, 0.25) is 5.02 Å². The molecule has 0 spiro atoms. The number of halogens is 1. The summed E-state index contributed by atoms with van der Waals surface area (Å²) in [5, 5.41) is 8.18. The molecule has 0 saturated heterocycles. The molecular formula is C15H17ClN4O. The first-order valence-electron chi connectivity index (χ1n) is 6.99. The third-order valence-corrected chi connectivity index (χ3v) is 3.79. The molecule has 1 amide bonds. The van der Waals surface area contributed by atoms with Crippen LogP contribution in [0.3, 0.4) is 0 Å². The van der Waals surface area contributed by atoms with Gasteiger partial charge in [-0.2, -0.15) is 5.10 Å². The summed E-state index contributed by atoms with van der Waals surface area (Å²) in [6.45, 7) is 2.38. The smallest absolute Gasteiger partial charge is 0.244 e. The van der Waals surface area contributed by atoms with Crippen molar-refractivity contribution in [3.05, 3.63) is 35.0 Å². The minimum atomic E-state index is -0.0252. The lowest BCUT2D eigenvalue weighted by Crippen LogP contribution is -2.36. The monoisotopic (exact) mass is 304 g/mol. The number of aromatic nitrogens is 2. The van der Waals surface area contributed by atoms with Gasteiger partial charge in [-0.25, -0.2) is 0 Å². The molecule has 3 rings (SSSR count). The summed E-state index contributed by atoms with van der Waals surface area (Å²) in [5.41, 5.74) is 2.69. The van der Waals surface area contributed by atoms with E-state index in [-0.39, 0.29) is 12.5 Å². The first-order chi connectivity index (χ1) is 10.1. The second-order valence-corrected chi connectivity index (χ2v) is 5.57. The van der Waals surface area contributed by atoms with E-state index in [0.29, 0.717) is 5.02 Å². The van der Waals surface area contributed by atoms with E-state index in [0.717, 1.165) is 35.7 Å². The zero-order valence-corrected chi connectivity index (χ0v) is 12.8. The fourth-order valence-electron chi connectivity index (χ4n) is 2.65. The van der Waals surface area contributed by atoms with E-state index in [9.17, 15) is 4.79 Å². The molecule has 0 radical (unpaired) electrons. The molecule has 1 aromatic carbocycles. The van der Waals surface area contributed by atoms with Gasteiger partial charge in [-0.1, -0.05) is 24.9 Å². The van der Waals surface area contributed by atoms with Crippen LogP contribution in [0.25, 0.3) is 0 Å². The maximum Gasteiger partial charge on any atom is 0.244 e. The number of nitrogens with one attached hydrogen (secondary N) is 1. The van der Waals surface area contributed by atoms with E-state index in [1.807, 2.05) is 40.9 Å². The van der Waals surface area contributed by atoms with E-state index in [2.05, 4.69) is 17.3 Å². The van der Waals surface area contributed by atoms with Crippen molar-refractivity contribution in [2.45, 2.75) is 19.8 Å². The molecular weight excluding hydrogens is 288 g/mol. The standard InChI is InChI=1S/C15H17ClN4O/c1-3-4-12-14-15(19(2)18-12)20(9-13(21)17-14)11-7-5-10(16)6-8-11/h5-8H,3-4,9H2,1-2H3,(H,17,21). The van der Waals surface area contributed by atoms with Crippen molar-refractivity contribution >= 4 is 34.7 Å². The van der Waals surface area contributed by atoms with Crippen LogP contribution in [0, 0.1) is 0 Å². The summed E-state index contributed by atoms with van der Waals surface area (Å²) < 4.78 is 1.83. The van der Waals surface area contributed by atoms with E-state index in [1.54, 1.807) is 0 Å². The number of benzene rings is 1. The number of nitrogens with zero attached hydrogens (tertiary/aromatic N) is 3. The predicted molar refractivity (Wildman–Crippen MR) is 84.3 cm³/mol. The summed E-state index contributed by atoms with van der Waals surface area (Å²) in [6, 6.07) is 7.48. The Bertz CT molecular complexity index is 678. The SMILES string of the molecule is CCCc1nn(C)c2c1NC(=O)CN2c1ccc(Cl)cc1. The summed E-state index contributed by atoms with van der Waals surface area (Å²) in [7, 11) is 1.90. The van der Waals surface area contributed by atoms with Gasteiger partial charge in [-0.05, 0) is 30.7 Å². The van der Waals surface area contributed by atoms with Gasteiger partial charge in [-0.3, -0.25) is 9.48 Å². The van der Waals surface area contributed by atoms with Crippen LogP contribution in [0.4, 0.5) is 17.2 Å². The quantitative estimate of drug-likeness (QED) is 0.948. The third kappa shape index (κ3) is 2.49. The average Bonchev–Trinajstić information content (AvgIpc) is 2.76. The Morgan fingerprint density at radius 2 is 2.05 bits per heavy atom. The highest BCUT2D eigenvalue weighted by Gasteiger charge is 2.29. The van der Waals surface area contributed by atoms with E-state index in [1.165, 1.54) is 0 Å². The number of anilines is 3. The number of hydrogen-bond acceptors (Lipinski definition) is 3. The number of hydrogen-bond donors (Lipinski definition) is 1. The molecule has 1 aliphatic rings. The molecule has 6 heteroatoms. The molecule has 5 nitrogen and oxygen atoms in total. The summed E-state index contributed by atoms with van der Waals surface area (Å²) in [6.07, 6.45) is 1.83. The number of fused-ring (bicyclic) bond motifs is 1. The van der Waals surface area contributed by atoms with Gasteiger partial charge in [0, 0.05) is 17.8 Å². The lowest BCUT2D eigenvalue weighted by Gasteiger charge is -2.29. The average molecular weight is 305 g/mol. The second kappa shape index (κ2) is 5.41. The van der Waals surface area contributed by atoms with E-state index in [4.69, 9.17) is 11.6 Å². The highest BCUT2D eigenvalue weighted by Crippen LogP contribution is 2.37. The molecule has 21 heavy (non-hydrogen) atoms. The van der Waals surface area contributed by atoms with Crippen LogP contribution in [0.15, 0.2) is 24.3 Å². The van der Waals surface area contributed by atoms with Crippen molar-refractivity contribution in [1.82, 2.24) is 9.78 Å². The van der Waals surface area contributed by atoms with E-state index >= 15 is 0 Å². The fraction of sp³-hybridized carbons (Fsp3) is 0.333. The summed E-state index contributed by atoms with van der Waals surface area (Å²) >= 11 is 5.94. The normalized spacial score (nSPS) is 14.0. The fourth-order valence-corrected chi connectivity index (χ4v) is 2.78. The van der Waals surface area contributed by atoms with Gasteiger partial charge >= 0.3 is 0 Å². The molecule has 0 bridgehead atoms. The Morgan fingerprint density at radius 1 is 1.33 bits per heavy atom. The summed E-state index contributed by atoms with van der Waals surface area (Å²) in [5.74, 6) is 0.892. The third-order valence-electron chi connectivity index (χ3n) is 3.54. The van der Waals surface area contributed by atoms with Crippen molar-refractivity contribution in [3.63, 3.8) is 0 Å². The first kappa shape index (κ1) is 13.9. The van der Waals surface area contributed by atoms with Crippen LogP contribution in [-0.4, -0.2) is 22.2 Å². The van der Waals surface area contributed by atoms with Crippen LogP contribution in [0.5, 0.6) is 0 Å². The Balaban J connectivity index is 2.09. The van der Waals surface area contributed by atoms with Crippen LogP contribution < -0.4 is 10.2 Å². The first-order valence-corrected chi connectivity index (χ1v) is 7.36. The van der Waals surface area contributed by atoms with Gasteiger partial charge in [0.25, 0.3) is 0 Å². The lowest BCUT2D eigenvalue weighted by molar-refractivity contribution is -0.115. The summed E-state index contributed by atoms with van der Waals surface area (Å²) in [4.78, 5) is 14.0. The molecule has 2 heterocycles. The van der Waals surface area contributed by atoms with Gasteiger partial charge in [0.1, 0.15) is 12.2 Å². The minimum Gasteiger partial charge on any atom is -0.320 e. The Kier molecular flexibility index (Phi) is 3.59.